The molecule has 4 rings (SSSR count). The van der Waals surface area contributed by atoms with Gasteiger partial charge in [0.1, 0.15) is 18.1 Å². The first-order valence-electron chi connectivity index (χ1n) is 11.5. The fourth-order valence-corrected chi connectivity index (χ4v) is 4.26. The summed E-state index contributed by atoms with van der Waals surface area (Å²) in [5.41, 5.74) is 2.15. The molecule has 0 aliphatic heterocycles. The Morgan fingerprint density at radius 3 is 2.19 bits per heavy atom. The molecule has 0 aromatic heterocycles. The van der Waals surface area contributed by atoms with E-state index < -0.39 is 0 Å². The van der Waals surface area contributed by atoms with E-state index in [2.05, 4.69) is 6.07 Å². The molecule has 1 amide bonds. The van der Waals surface area contributed by atoms with Gasteiger partial charge in [-0.1, -0.05) is 79.9 Å². The third-order valence-electron chi connectivity index (χ3n) is 5.90. The first-order chi connectivity index (χ1) is 15.8. The van der Waals surface area contributed by atoms with Crippen molar-refractivity contribution in [1.82, 2.24) is 4.90 Å². The van der Waals surface area contributed by atoms with E-state index in [4.69, 9.17) is 9.47 Å². The molecule has 4 heteroatoms. The van der Waals surface area contributed by atoms with Gasteiger partial charge in [-0.25, -0.2) is 0 Å². The number of amides is 1. The van der Waals surface area contributed by atoms with Crippen LogP contribution in [0.15, 0.2) is 84.9 Å². The van der Waals surface area contributed by atoms with Crippen LogP contribution in [0, 0.1) is 0 Å². The van der Waals surface area contributed by atoms with Crippen LogP contribution < -0.4 is 4.74 Å². The maximum atomic E-state index is 13.2. The number of carbonyl (C=O) groups excluding carboxylic acids is 1. The van der Waals surface area contributed by atoms with Crippen molar-refractivity contribution in [3.63, 3.8) is 0 Å². The fourth-order valence-electron chi connectivity index (χ4n) is 4.26. The summed E-state index contributed by atoms with van der Waals surface area (Å²) in [6.45, 7) is 1.13. The SMILES string of the molecule is O=C(COCc1ccccc1)N(Cc1cccc(Oc2ccccc2)c1)C1CCCCC1. The topological polar surface area (TPSA) is 38.8 Å². The molecule has 0 atom stereocenters. The van der Waals surface area contributed by atoms with Gasteiger partial charge in [-0.05, 0) is 48.2 Å². The lowest BCUT2D eigenvalue weighted by molar-refractivity contribution is -0.140. The van der Waals surface area contributed by atoms with Gasteiger partial charge in [-0.15, -0.1) is 0 Å². The highest BCUT2D eigenvalue weighted by atomic mass is 16.5. The van der Waals surface area contributed by atoms with Gasteiger partial charge in [-0.3, -0.25) is 4.79 Å². The van der Waals surface area contributed by atoms with E-state index in [9.17, 15) is 4.79 Å². The van der Waals surface area contributed by atoms with Crippen molar-refractivity contribution in [2.75, 3.05) is 6.61 Å². The highest BCUT2D eigenvalue weighted by molar-refractivity contribution is 5.77. The van der Waals surface area contributed by atoms with Crippen LogP contribution in [0.25, 0.3) is 0 Å². The zero-order valence-corrected chi connectivity index (χ0v) is 18.5. The first-order valence-corrected chi connectivity index (χ1v) is 11.5. The molecule has 0 N–H and O–H groups in total. The number of rotatable bonds is 9. The lowest BCUT2D eigenvalue weighted by Crippen LogP contribution is -2.42. The van der Waals surface area contributed by atoms with Gasteiger partial charge < -0.3 is 14.4 Å². The third kappa shape index (κ3) is 6.44. The second-order valence-corrected chi connectivity index (χ2v) is 8.35. The van der Waals surface area contributed by atoms with Gasteiger partial charge in [0, 0.05) is 12.6 Å². The Balaban J connectivity index is 1.42. The molecule has 1 aliphatic rings. The predicted molar refractivity (Wildman–Crippen MR) is 126 cm³/mol. The van der Waals surface area contributed by atoms with E-state index >= 15 is 0 Å². The zero-order chi connectivity index (χ0) is 22.0. The van der Waals surface area contributed by atoms with Crippen LogP contribution in [0.4, 0.5) is 0 Å². The van der Waals surface area contributed by atoms with Crippen LogP contribution in [-0.4, -0.2) is 23.5 Å². The summed E-state index contributed by atoms with van der Waals surface area (Å²) in [5, 5.41) is 0. The normalized spacial score (nSPS) is 14.1. The minimum absolute atomic E-state index is 0.0576. The lowest BCUT2D eigenvalue weighted by Gasteiger charge is -2.34. The lowest BCUT2D eigenvalue weighted by atomic mass is 9.93. The van der Waals surface area contributed by atoms with Crippen molar-refractivity contribution in [3.05, 3.63) is 96.1 Å². The van der Waals surface area contributed by atoms with Gasteiger partial charge in [0.25, 0.3) is 0 Å². The molecule has 0 radical (unpaired) electrons. The summed E-state index contributed by atoms with van der Waals surface area (Å²) in [7, 11) is 0. The second-order valence-electron chi connectivity index (χ2n) is 8.35. The van der Waals surface area contributed by atoms with Gasteiger partial charge >= 0.3 is 0 Å². The monoisotopic (exact) mass is 429 g/mol. The van der Waals surface area contributed by atoms with Crippen molar-refractivity contribution in [2.24, 2.45) is 0 Å². The Hall–Kier alpha value is -3.11. The molecule has 1 aliphatic carbocycles. The minimum atomic E-state index is 0.0576. The largest absolute Gasteiger partial charge is 0.457 e. The maximum Gasteiger partial charge on any atom is 0.249 e. The van der Waals surface area contributed by atoms with Gasteiger partial charge in [0.15, 0.2) is 0 Å². The average Bonchev–Trinajstić information content (AvgIpc) is 2.84. The molecule has 166 valence electrons. The van der Waals surface area contributed by atoms with Crippen LogP contribution in [0.3, 0.4) is 0 Å². The van der Waals surface area contributed by atoms with Gasteiger partial charge in [0.2, 0.25) is 5.91 Å². The van der Waals surface area contributed by atoms with Gasteiger partial charge in [0.05, 0.1) is 6.61 Å². The average molecular weight is 430 g/mol. The van der Waals surface area contributed by atoms with Crippen LogP contribution in [-0.2, 0) is 22.7 Å². The van der Waals surface area contributed by atoms with E-state index in [1.807, 2.05) is 83.8 Å². The smallest absolute Gasteiger partial charge is 0.249 e. The molecule has 4 nitrogen and oxygen atoms in total. The van der Waals surface area contributed by atoms with Crippen molar-refractivity contribution in [2.45, 2.75) is 51.3 Å². The standard InChI is InChI=1S/C28H31NO3/c30-28(22-31-21-23-11-4-1-5-12-23)29(25-14-6-2-7-15-25)20-24-13-10-18-27(19-24)32-26-16-8-3-9-17-26/h1,3-5,8-13,16-19,25H,2,6-7,14-15,20-22H2. The zero-order valence-electron chi connectivity index (χ0n) is 18.5. The quantitative estimate of drug-likeness (QED) is 0.397. The minimum Gasteiger partial charge on any atom is -0.457 e. The molecule has 3 aromatic rings. The van der Waals surface area contributed by atoms with Crippen molar-refractivity contribution in [1.29, 1.82) is 0 Å². The maximum absolute atomic E-state index is 13.2. The van der Waals surface area contributed by atoms with Crippen LogP contribution in [0.1, 0.15) is 43.2 Å². The first kappa shape index (κ1) is 22.1. The molecule has 32 heavy (non-hydrogen) atoms. The summed E-state index contributed by atoms with van der Waals surface area (Å²) >= 11 is 0. The predicted octanol–water partition coefficient (Wildman–Crippen LogP) is 6.36. The fraction of sp³-hybridized carbons (Fsp3) is 0.321. The summed E-state index contributed by atoms with van der Waals surface area (Å²) in [6, 6.07) is 28.0. The Kier molecular flexibility index (Phi) is 7.94. The van der Waals surface area contributed by atoms with E-state index in [0.29, 0.717) is 13.2 Å². The summed E-state index contributed by atoms with van der Waals surface area (Å²) < 4.78 is 11.8. The van der Waals surface area contributed by atoms with E-state index in [1.165, 1.54) is 19.3 Å². The number of benzene rings is 3. The third-order valence-corrected chi connectivity index (χ3v) is 5.90. The number of nitrogens with zero attached hydrogens (tertiary/aromatic N) is 1. The van der Waals surface area contributed by atoms with Crippen LogP contribution in [0.2, 0.25) is 0 Å². The van der Waals surface area contributed by atoms with Crippen molar-refractivity contribution < 1.29 is 14.3 Å². The van der Waals surface area contributed by atoms with Crippen LogP contribution in [0.5, 0.6) is 11.5 Å². The van der Waals surface area contributed by atoms with E-state index in [0.717, 1.165) is 35.5 Å². The highest BCUT2D eigenvalue weighted by Crippen LogP contribution is 2.26. The van der Waals surface area contributed by atoms with Crippen molar-refractivity contribution in [3.8, 4) is 11.5 Å². The second kappa shape index (κ2) is 11.5. The Bertz CT molecular complexity index is 968. The van der Waals surface area contributed by atoms with Gasteiger partial charge in [-0.2, -0.15) is 0 Å². The Morgan fingerprint density at radius 1 is 0.781 bits per heavy atom. The molecule has 0 heterocycles. The molecule has 1 saturated carbocycles. The number of ether oxygens (including phenoxy) is 2. The van der Waals surface area contributed by atoms with E-state index in [1.54, 1.807) is 0 Å². The number of carbonyl (C=O) groups is 1. The molecule has 1 fully saturated rings. The Labute approximate surface area is 190 Å². The molecular formula is C28H31NO3. The summed E-state index contributed by atoms with van der Waals surface area (Å²) in [6.07, 6.45) is 5.73. The van der Waals surface area contributed by atoms with E-state index in [-0.39, 0.29) is 18.6 Å². The molecule has 0 spiro atoms. The summed E-state index contributed by atoms with van der Waals surface area (Å²) in [5.74, 6) is 1.64. The number of hydrogen-bond donors (Lipinski definition) is 0. The van der Waals surface area contributed by atoms with Crippen LogP contribution >= 0.6 is 0 Å². The number of para-hydroxylation sites is 1. The molecule has 3 aromatic carbocycles. The molecular weight excluding hydrogens is 398 g/mol. The number of hydrogen-bond acceptors (Lipinski definition) is 3. The highest BCUT2D eigenvalue weighted by Gasteiger charge is 2.25. The molecule has 0 bridgehead atoms. The molecule has 0 unspecified atom stereocenters. The summed E-state index contributed by atoms with van der Waals surface area (Å²) in [4.78, 5) is 15.2. The van der Waals surface area contributed by atoms with Crippen molar-refractivity contribution >= 4 is 5.91 Å². The Morgan fingerprint density at radius 2 is 1.44 bits per heavy atom. The molecule has 0 saturated heterocycles.